The van der Waals surface area contributed by atoms with Gasteiger partial charge in [0.05, 0.1) is 5.69 Å². The van der Waals surface area contributed by atoms with Gasteiger partial charge in [-0.25, -0.2) is 19.2 Å². The van der Waals surface area contributed by atoms with E-state index in [1.165, 1.54) is 18.5 Å². The molecule has 18 heavy (non-hydrogen) atoms. The van der Waals surface area contributed by atoms with Crippen LogP contribution in [0.2, 0.25) is 0 Å². The number of halogens is 1. The Morgan fingerprint density at radius 2 is 2.28 bits per heavy atom. The van der Waals surface area contributed by atoms with Gasteiger partial charge in [0.2, 0.25) is 5.76 Å². The van der Waals surface area contributed by atoms with Crippen molar-refractivity contribution < 1.29 is 18.7 Å². The summed E-state index contributed by atoms with van der Waals surface area (Å²) in [6, 6.07) is 2.77. The molecule has 0 fully saturated rings. The largest absolute Gasteiger partial charge is 0.475 e. The van der Waals surface area contributed by atoms with E-state index in [2.05, 4.69) is 9.97 Å². The van der Waals surface area contributed by atoms with Gasteiger partial charge in [0.1, 0.15) is 11.4 Å². The second kappa shape index (κ2) is 5.18. The lowest BCUT2D eigenvalue weighted by Crippen LogP contribution is -1.97. The summed E-state index contributed by atoms with van der Waals surface area (Å²) in [5.41, 5.74) is 0.317. The molecule has 7 heteroatoms. The van der Waals surface area contributed by atoms with Gasteiger partial charge in [0.15, 0.2) is 10.9 Å². The molecule has 0 amide bonds. The van der Waals surface area contributed by atoms with E-state index in [1.54, 1.807) is 6.92 Å². The molecule has 0 aliphatic rings. The van der Waals surface area contributed by atoms with Crippen molar-refractivity contribution in [3.63, 3.8) is 0 Å². The third-order valence-corrected chi connectivity index (χ3v) is 3.05. The molecule has 0 aliphatic heterocycles. The number of hydrogen-bond acceptors (Lipinski definition) is 5. The van der Waals surface area contributed by atoms with Crippen molar-refractivity contribution in [3.8, 4) is 0 Å². The van der Waals surface area contributed by atoms with Crippen molar-refractivity contribution in [2.75, 3.05) is 0 Å². The summed E-state index contributed by atoms with van der Waals surface area (Å²) in [6.45, 7) is 1.79. The Balaban J connectivity index is 2.25. The zero-order chi connectivity index (χ0) is 13.1. The van der Waals surface area contributed by atoms with Crippen molar-refractivity contribution in [1.29, 1.82) is 0 Å². The summed E-state index contributed by atoms with van der Waals surface area (Å²) < 4.78 is 18.8. The lowest BCUT2D eigenvalue weighted by Gasteiger charge is -2.02. The standard InChI is InChI=1S/C11H9FN2O3S/c1-2-6-9(12)10(14-5-13-6)18-8-4-3-7(17-8)11(15)16/h3-5H,2H2,1H3,(H,15,16). The first kappa shape index (κ1) is 12.6. The molecule has 0 spiro atoms. The van der Waals surface area contributed by atoms with Crippen molar-refractivity contribution >= 4 is 17.7 Å². The number of aromatic carboxylic acids is 1. The highest BCUT2D eigenvalue weighted by molar-refractivity contribution is 7.99. The Hall–Kier alpha value is -1.89. The van der Waals surface area contributed by atoms with Gasteiger partial charge in [-0.15, -0.1) is 0 Å². The van der Waals surface area contributed by atoms with Crippen LogP contribution in [0.1, 0.15) is 23.2 Å². The Labute approximate surface area is 106 Å². The minimum absolute atomic E-state index is 0.119. The van der Waals surface area contributed by atoms with E-state index in [4.69, 9.17) is 9.52 Å². The van der Waals surface area contributed by atoms with Crippen LogP contribution in [0.15, 0.2) is 33.0 Å². The average Bonchev–Trinajstić information content (AvgIpc) is 2.80. The maximum atomic E-state index is 13.8. The number of aryl methyl sites for hydroxylation is 1. The molecule has 0 aromatic carbocycles. The highest BCUT2D eigenvalue weighted by Gasteiger charge is 2.15. The second-order valence-electron chi connectivity index (χ2n) is 3.32. The smallest absolute Gasteiger partial charge is 0.371 e. The first-order valence-electron chi connectivity index (χ1n) is 5.12. The van der Waals surface area contributed by atoms with E-state index in [9.17, 15) is 9.18 Å². The molecule has 0 unspecified atom stereocenters. The monoisotopic (exact) mass is 268 g/mol. The molecule has 0 bridgehead atoms. The second-order valence-corrected chi connectivity index (χ2v) is 4.31. The van der Waals surface area contributed by atoms with Gasteiger partial charge < -0.3 is 9.52 Å². The summed E-state index contributed by atoms with van der Waals surface area (Å²) in [7, 11) is 0. The molecule has 94 valence electrons. The number of carboxylic acid groups (broad SMARTS) is 1. The lowest BCUT2D eigenvalue weighted by atomic mass is 10.3. The number of nitrogens with zero attached hydrogens (tertiary/aromatic N) is 2. The van der Waals surface area contributed by atoms with Crippen molar-refractivity contribution in [3.05, 3.63) is 35.7 Å². The number of aromatic nitrogens is 2. The van der Waals surface area contributed by atoms with Crippen LogP contribution >= 0.6 is 11.8 Å². The van der Waals surface area contributed by atoms with Gasteiger partial charge in [-0.05, 0) is 30.3 Å². The number of furan rings is 1. The highest BCUT2D eigenvalue weighted by atomic mass is 32.2. The van der Waals surface area contributed by atoms with Crippen LogP contribution in [0.25, 0.3) is 0 Å². The predicted molar refractivity (Wildman–Crippen MR) is 61.2 cm³/mol. The van der Waals surface area contributed by atoms with Crippen LogP contribution in [0, 0.1) is 5.82 Å². The predicted octanol–water partition coefficient (Wildman–Crippen LogP) is 2.62. The zero-order valence-corrected chi connectivity index (χ0v) is 10.2. The fourth-order valence-electron chi connectivity index (χ4n) is 1.29. The quantitative estimate of drug-likeness (QED) is 0.859. The number of hydrogen-bond donors (Lipinski definition) is 1. The molecule has 1 N–H and O–H groups in total. The first-order valence-corrected chi connectivity index (χ1v) is 5.93. The van der Waals surface area contributed by atoms with Crippen molar-refractivity contribution in [2.24, 2.45) is 0 Å². The van der Waals surface area contributed by atoms with Crippen LogP contribution < -0.4 is 0 Å². The minimum Gasteiger partial charge on any atom is -0.475 e. The maximum absolute atomic E-state index is 13.8. The Kier molecular flexibility index (Phi) is 3.61. The Morgan fingerprint density at radius 1 is 1.50 bits per heavy atom. The molecule has 0 radical (unpaired) electrons. The van der Waals surface area contributed by atoms with Crippen LogP contribution in [0.5, 0.6) is 0 Å². The fourth-order valence-corrected chi connectivity index (χ4v) is 2.06. The zero-order valence-electron chi connectivity index (χ0n) is 9.38. The normalized spacial score (nSPS) is 10.6. The van der Waals surface area contributed by atoms with Gasteiger partial charge in [0.25, 0.3) is 0 Å². The van der Waals surface area contributed by atoms with Gasteiger partial charge in [-0.3, -0.25) is 0 Å². The van der Waals surface area contributed by atoms with Gasteiger partial charge in [-0.1, -0.05) is 6.92 Å². The Bertz CT molecular complexity index is 585. The molecule has 5 nitrogen and oxygen atoms in total. The summed E-state index contributed by atoms with van der Waals surface area (Å²) in [5.74, 6) is -1.86. The van der Waals surface area contributed by atoms with Crippen molar-refractivity contribution in [2.45, 2.75) is 23.5 Å². The fraction of sp³-hybridized carbons (Fsp3) is 0.182. The molecule has 2 heterocycles. The van der Waals surface area contributed by atoms with Crippen molar-refractivity contribution in [1.82, 2.24) is 9.97 Å². The van der Waals surface area contributed by atoms with Gasteiger partial charge in [0, 0.05) is 0 Å². The summed E-state index contributed by atoms with van der Waals surface area (Å²) in [6.07, 6.45) is 1.73. The summed E-state index contributed by atoms with van der Waals surface area (Å²) >= 11 is 0.926. The van der Waals surface area contributed by atoms with Gasteiger partial charge >= 0.3 is 5.97 Å². The topological polar surface area (TPSA) is 76.2 Å². The van der Waals surface area contributed by atoms with Crippen LogP contribution in [0.4, 0.5) is 4.39 Å². The van der Waals surface area contributed by atoms with E-state index in [-0.39, 0.29) is 15.9 Å². The summed E-state index contributed by atoms with van der Waals surface area (Å²) in [5, 5.41) is 9.09. The molecule has 0 saturated carbocycles. The number of rotatable bonds is 4. The van der Waals surface area contributed by atoms with E-state index in [0.717, 1.165) is 11.8 Å². The third kappa shape index (κ3) is 2.51. The third-order valence-electron chi connectivity index (χ3n) is 2.15. The molecule has 2 rings (SSSR count). The molecular weight excluding hydrogens is 259 g/mol. The van der Waals surface area contributed by atoms with Crippen LogP contribution in [0.3, 0.4) is 0 Å². The molecular formula is C11H9FN2O3S. The molecule has 0 atom stereocenters. The number of carbonyl (C=O) groups is 1. The van der Waals surface area contributed by atoms with E-state index >= 15 is 0 Å². The van der Waals surface area contributed by atoms with E-state index in [1.807, 2.05) is 0 Å². The van der Waals surface area contributed by atoms with Crippen LogP contribution in [-0.4, -0.2) is 21.0 Å². The highest BCUT2D eigenvalue weighted by Crippen LogP contribution is 2.30. The first-order chi connectivity index (χ1) is 8.61. The van der Waals surface area contributed by atoms with E-state index < -0.39 is 11.8 Å². The molecule has 2 aromatic rings. The molecule has 0 saturated heterocycles. The average molecular weight is 268 g/mol. The Morgan fingerprint density at radius 3 is 2.89 bits per heavy atom. The summed E-state index contributed by atoms with van der Waals surface area (Å²) in [4.78, 5) is 18.2. The maximum Gasteiger partial charge on any atom is 0.371 e. The van der Waals surface area contributed by atoms with E-state index in [0.29, 0.717) is 12.1 Å². The lowest BCUT2D eigenvalue weighted by molar-refractivity contribution is 0.0656. The SMILES string of the molecule is CCc1ncnc(Sc2ccc(C(=O)O)o2)c1F. The molecule has 0 aliphatic carbocycles. The van der Waals surface area contributed by atoms with Crippen LogP contribution in [-0.2, 0) is 6.42 Å². The van der Waals surface area contributed by atoms with Gasteiger partial charge in [-0.2, -0.15) is 0 Å². The number of carboxylic acids is 1. The molecule has 2 aromatic heterocycles. The minimum atomic E-state index is -1.17.